The van der Waals surface area contributed by atoms with Crippen LogP contribution in [0.15, 0.2) is 46.9 Å². The number of halogens is 1. The van der Waals surface area contributed by atoms with Gasteiger partial charge in [0.1, 0.15) is 18.1 Å². The number of hydrogen-bond acceptors (Lipinski definition) is 5. The van der Waals surface area contributed by atoms with Crippen LogP contribution in [0.2, 0.25) is 0 Å². The van der Waals surface area contributed by atoms with Crippen molar-refractivity contribution in [2.24, 2.45) is 0 Å². The lowest BCUT2D eigenvalue weighted by molar-refractivity contribution is -0.123. The van der Waals surface area contributed by atoms with Crippen molar-refractivity contribution in [2.75, 3.05) is 26.9 Å². The van der Waals surface area contributed by atoms with Crippen molar-refractivity contribution in [3.8, 4) is 11.5 Å². The number of rotatable bonds is 9. The summed E-state index contributed by atoms with van der Waals surface area (Å²) >= 11 is 3.33. The predicted octanol–water partition coefficient (Wildman–Crippen LogP) is 3.44. The molecule has 8 heteroatoms. The Balaban J connectivity index is 1.92. The molecule has 0 saturated heterocycles. The molecular formula is C21H25BrN2O5. The molecule has 0 unspecified atom stereocenters. The monoisotopic (exact) mass is 464 g/mol. The van der Waals surface area contributed by atoms with Crippen LogP contribution in [0.25, 0.3) is 0 Å². The van der Waals surface area contributed by atoms with Gasteiger partial charge in [0.2, 0.25) is 0 Å². The first kappa shape index (κ1) is 22.7. The summed E-state index contributed by atoms with van der Waals surface area (Å²) in [6, 6.07) is 12.6. The molecule has 0 saturated carbocycles. The van der Waals surface area contributed by atoms with Gasteiger partial charge in [0.15, 0.2) is 6.61 Å². The molecule has 29 heavy (non-hydrogen) atoms. The van der Waals surface area contributed by atoms with Crippen LogP contribution in [-0.2, 0) is 9.53 Å². The zero-order chi connectivity index (χ0) is 21.2. The number of hydrazine groups is 1. The van der Waals surface area contributed by atoms with Crippen LogP contribution >= 0.6 is 15.9 Å². The standard InChI is InChI=1S/C21H25BrN2O5/c1-14(2)16-6-4-5-7-18(16)29-13-20(25)23-24-21(26)17-12-15(22)8-9-19(17)28-11-10-27-3/h4-9,12,14H,10-11,13H2,1-3H3,(H,23,25)(H,24,26). The molecule has 0 aliphatic rings. The van der Waals surface area contributed by atoms with Gasteiger partial charge >= 0.3 is 0 Å². The fourth-order valence-corrected chi connectivity index (χ4v) is 2.86. The Labute approximate surface area is 178 Å². The number of carbonyl (C=O) groups excluding carboxylic acids is 2. The Hall–Kier alpha value is -2.58. The number of amides is 2. The van der Waals surface area contributed by atoms with E-state index in [4.69, 9.17) is 14.2 Å². The van der Waals surface area contributed by atoms with Crippen LogP contribution in [0.1, 0.15) is 35.7 Å². The maximum atomic E-state index is 12.5. The van der Waals surface area contributed by atoms with Crippen molar-refractivity contribution >= 4 is 27.7 Å². The van der Waals surface area contributed by atoms with Crippen molar-refractivity contribution < 1.29 is 23.8 Å². The lowest BCUT2D eigenvalue weighted by Crippen LogP contribution is -2.44. The van der Waals surface area contributed by atoms with Crippen molar-refractivity contribution in [1.29, 1.82) is 0 Å². The molecule has 0 aliphatic carbocycles. The van der Waals surface area contributed by atoms with E-state index in [0.717, 1.165) is 5.56 Å². The second-order valence-electron chi connectivity index (χ2n) is 6.47. The molecular weight excluding hydrogens is 440 g/mol. The summed E-state index contributed by atoms with van der Waals surface area (Å²) in [6.45, 7) is 4.57. The van der Waals surface area contributed by atoms with Crippen molar-refractivity contribution in [2.45, 2.75) is 19.8 Å². The van der Waals surface area contributed by atoms with Crippen molar-refractivity contribution in [3.63, 3.8) is 0 Å². The van der Waals surface area contributed by atoms with Crippen LogP contribution in [0.5, 0.6) is 11.5 Å². The maximum Gasteiger partial charge on any atom is 0.276 e. The van der Waals surface area contributed by atoms with Crippen molar-refractivity contribution in [1.82, 2.24) is 10.9 Å². The first-order valence-electron chi connectivity index (χ1n) is 9.14. The third kappa shape index (κ3) is 7.07. The van der Waals surface area contributed by atoms with Crippen LogP contribution in [-0.4, -0.2) is 38.7 Å². The van der Waals surface area contributed by atoms with E-state index in [9.17, 15) is 9.59 Å². The smallest absolute Gasteiger partial charge is 0.276 e. The predicted molar refractivity (Wildman–Crippen MR) is 113 cm³/mol. The molecule has 0 bridgehead atoms. The van der Waals surface area contributed by atoms with Crippen LogP contribution in [0.3, 0.4) is 0 Å². The zero-order valence-corrected chi connectivity index (χ0v) is 18.2. The summed E-state index contributed by atoms with van der Waals surface area (Å²) in [5.41, 5.74) is 6.02. The lowest BCUT2D eigenvalue weighted by atomic mass is 10.0. The Morgan fingerprint density at radius 2 is 1.76 bits per heavy atom. The summed E-state index contributed by atoms with van der Waals surface area (Å²) in [7, 11) is 1.57. The summed E-state index contributed by atoms with van der Waals surface area (Å²) < 4.78 is 16.8. The molecule has 0 atom stereocenters. The Kier molecular flexibility index (Phi) is 8.95. The average Bonchev–Trinajstić information content (AvgIpc) is 2.71. The second kappa shape index (κ2) is 11.4. The lowest BCUT2D eigenvalue weighted by Gasteiger charge is -2.15. The van der Waals surface area contributed by atoms with E-state index in [1.165, 1.54) is 0 Å². The molecule has 0 radical (unpaired) electrons. The van der Waals surface area contributed by atoms with E-state index in [0.29, 0.717) is 29.2 Å². The Morgan fingerprint density at radius 1 is 1.00 bits per heavy atom. The molecule has 0 fully saturated rings. The van der Waals surface area contributed by atoms with Crippen LogP contribution < -0.4 is 20.3 Å². The van der Waals surface area contributed by atoms with Gasteiger partial charge in [-0.05, 0) is 35.7 Å². The van der Waals surface area contributed by atoms with E-state index in [1.54, 1.807) is 25.3 Å². The van der Waals surface area contributed by atoms with E-state index in [-0.39, 0.29) is 18.1 Å². The van der Waals surface area contributed by atoms with Crippen LogP contribution in [0.4, 0.5) is 0 Å². The van der Waals surface area contributed by atoms with Crippen LogP contribution in [0, 0.1) is 0 Å². The SMILES string of the molecule is COCCOc1ccc(Br)cc1C(=O)NNC(=O)COc1ccccc1C(C)C. The highest BCUT2D eigenvalue weighted by atomic mass is 79.9. The molecule has 0 heterocycles. The van der Waals surface area contributed by atoms with E-state index in [2.05, 4.69) is 26.8 Å². The number of para-hydroxylation sites is 1. The quantitative estimate of drug-likeness (QED) is 0.438. The third-order valence-electron chi connectivity index (χ3n) is 3.95. The zero-order valence-electron chi connectivity index (χ0n) is 16.7. The number of hydrogen-bond donors (Lipinski definition) is 2. The van der Waals surface area contributed by atoms with E-state index in [1.807, 2.05) is 38.1 Å². The summed E-state index contributed by atoms with van der Waals surface area (Å²) in [4.78, 5) is 24.6. The summed E-state index contributed by atoms with van der Waals surface area (Å²) in [5.74, 6) is 0.314. The summed E-state index contributed by atoms with van der Waals surface area (Å²) in [5, 5.41) is 0. The molecule has 2 rings (SSSR count). The number of nitrogens with one attached hydrogen (secondary N) is 2. The first-order chi connectivity index (χ1) is 13.9. The molecule has 156 valence electrons. The molecule has 2 amide bonds. The van der Waals surface area contributed by atoms with Gasteiger partial charge in [0.05, 0.1) is 12.2 Å². The number of carbonyl (C=O) groups is 2. The van der Waals surface area contributed by atoms with Gasteiger partial charge in [0.25, 0.3) is 11.8 Å². The molecule has 2 aromatic carbocycles. The van der Waals surface area contributed by atoms with Gasteiger partial charge in [-0.2, -0.15) is 0 Å². The van der Waals surface area contributed by atoms with Gasteiger partial charge in [-0.25, -0.2) is 0 Å². The van der Waals surface area contributed by atoms with E-state index >= 15 is 0 Å². The minimum absolute atomic E-state index is 0.223. The highest BCUT2D eigenvalue weighted by Gasteiger charge is 2.15. The Bertz CT molecular complexity index is 842. The van der Waals surface area contributed by atoms with Gasteiger partial charge in [-0.15, -0.1) is 0 Å². The first-order valence-corrected chi connectivity index (χ1v) is 9.94. The molecule has 7 nitrogen and oxygen atoms in total. The van der Waals surface area contributed by atoms with Crippen molar-refractivity contribution in [3.05, 3.63) is 58.1 Å². The molecule has 0 aliphatic heterocycles. The fraction of sp³-hybridized carbons (Fsp3) is 0.333. The normalized spacial score (nSPS) is 10.5. The average molecular weight is 465 g/mol. The maximum absolute atomic E-state index is 12.5. The van der Waals surface area contributed by atoms with Gasteiger partial charge in [0, 0.05) is 11.6 Å². The summed E-state index contributed by atoms with van der Waals surface area (Å²) in [6.07, 6.45) is 0. The highest BCUT2D eigenvalue weighted by Crippen LogP contribution is 2.26. The van der Waals surface area contributed by atoms with E-state index < -0.39 is 11.8 Å². The number of benzene rings is 2. The van der Waals surface area contributed by atoms with Gasteiger partial charge in [-0.1, -0.05) is 48.0 Å². The highest BCUT2D eigenvalue weighted by molar-refractivity contribution is 9.10. The molecule has 0 spiro atoms. The second-order valence-corrected chi connectivity index (χ2v) is 7.38. The van der Waals surface area contributed by atoms with Gasteiger partial charge < -0.3 is 14.2 Å². The number of methoxy groups -OCH3 is 1. The third-order valence-corrected chi connectivity index (χ3v) is 4.44. The molecule has 2 N–H and O–H groups in total. The number of ether oxygens (including phenoxy) is 3. The largest absolute Gasteiger partial charge is 0.490 e. The topological polar surface area (TPSA) is 85.9 Å². The minimum Gasteiger partial charge on any atom is -0.490 e. The van der Waals surface area contributed by atoms with Gasteiger partial charge in [-0.3, -0.25) is 20.4 Å². The fourth-order valence-electron chi connectivity index (χ4n) is 2.50. The Morgan fingerprint density at radius 3 is 2.48 bits per heavy atom. The molecule has 2 aromatic rings. The molecule has 0 aromatic heterocycles. The minimum atomic E-state index is -0.505.